The predicted molar refractivity (Wildman–Crippen MR) is 107 cm³/mol. The Hall–Kier alpha value is -3.95. The van der Waals surface area contributed by atoms with Crippen LogP contribution in [0.1, 0.15) is 18.0 Å². The van der Waals surface area contributed by atoms with E-state index in [0.29, 0.717) is 41.3 Å². The van der Waals surface area contributed by atoms with E-state index in [2.05, 4.69) is 25.3 Å². The van der Waals surface area contributed by atoms with Gasteiger partial charge in [-0.3, -0.25) is 4.57 Å². The van der Waals surface area contributed by atoms with Gasteiger partial charge < -0.3 is 19.8 Å². The summed E-state index contributed by atoms with van der Waals surface area (Å²) in [5, 5.41) is 3.06. The lowest BCUT2D eigenvalue weighted by atomic mass is 10.00. The number of H-pyrrole nitrogens is 1. The standard InChI is InChI=1S/C20H17FN6O3/c1-29-18-13(6-3-8-22-18)24-19-23-10-14-17(26-19)27(20(28)25-14)15-7-9-30-16-11(15)4-2-5-12(16)21/h2-6,8,10,15H,7,9H2,1H3,(H,25,28)(H,23,24,26)/t15-/m1/s1. The summed E-state index contributed by atoms with van der Waals surface area (Å²) in [6.07, 6.45) is 3.64. The largest absolute Gasteiger partial charge is 0.490 e. The molecule has 30 heavy (non-hydrogen) atoms. The summed E-state index contributed by atoms with van der Waals surface area (Å²) >= 11 is 0. The Labute approximate surface area is 169 Å². The van der Waals surface area contributed by atoms with E-state index in [0.717, 1.165) is 0 Å². The number of aromatic nitrogens is 5. The van der Waals surface area contributed by atoms with Crippen LogP contribution in [0.5, 0.6) is 11.6 Å². The molecular formula is C20H17FN6O3. The molecule has 9 nitrogen and oxygen atoms in total. The van der Waals surface area contributed by atoms with Crippen LogP contribution in [0.4, 0.5) is 16.0 Å². The van der Waals surface area contributed by atoms with Gasteiger partial charge in [0, 0.05) is 18.2 Å². The zero-order chi connectivity index (χ0) is 20.7. The van der Waals surface area contributed by atoms with Crippen molar-refractivity contribution < 1.29 is 13.9 Å². The third-order valence-corrected chi connectivity index (χ3v) is 4.97. The second-order valence-electron chi connectivity index (χ2n) is 6.73. The third-order valence-electron chi connectivity index (χ3n) is 4.97. The van der Waals surface area contributed by atoms with Crippen LogP contribution < -0.4 is 20.5 Å². The molecule has 1 aliphatic rings. The van der Waals surface area contributed by atoms with Gasteiger partial charge in [-0.15, -0.1) is 0 Å². The molecule has 2 N–H and O–H groups in total. The molecule has 10 heteroatoms. The summed E-state index contributed by atoms with van der Waals surface area (Å²) in [7, 11) is 1.52. The van der Waals surface area contributed by atoms with Crippen molar-refractivity contribution in [1.82, 2.24) is 24.5 Å². The molecule has 0 saturated heterocycles. The SMILES string of the molecule is COc1ncccc1Nc1ncc2[nH]c(=O)n([C@@H]3CCOc4c(F)cccc43)c2n1. The molecule has 0 fully saturated rings. The quantitative estimate of drug-likeness (QED) is 0.535. The molecule has 0 bridgehead atoms. The van der Waals surface area contributed by atoms with Gasteiger partial charge in [0.25, 0.3) is 0 Å². The van der Waals surface area contributed by atoms with E-state index in [9.17, 15) is 9.18 Å². The van der Waals surface area contributed by atoms with Crippen LogP contribution in [0, 0.1) is 5.82 Å². The van der Waals surface area contributed by atoms with Crippen molar-refractivity contribution in [2.75, 3.05) is 19.0 Å². The smallest absolute Gasteiger partial charge is 0.328 e. The molecule has 0 aliphatic carbocycles. The number of benzene rings is 1. The first-order chi connectivity index (χ1) is 14.7. The highest BCUT2D eigenvalue weighted by Crippen LogP contribution is 2.37. The van der Waals surface area contributed by atoms with Crippen LogP contribution in [-0.2, 0) is 0 Å². The van der Waals surface area contributed by atoms with E-state index in [1.165, 1.54) is 23.9 Å². The van der Waals surface area contributed by atoms with Crippen LogP contribution in [0.2, 0.25) is 0 Å². The van der Waals surface area contributed by atoms with E-state index in [1.54, 1.807) is 30.5 Å². The van der Waals surface area contributed by atoms with Gasteiger partial charge in [0.1, 0.15) is 11.2 Å². The molecule has 4 aromatic rings. The zero-order valence-corrected chi connectivity index (χ0v) is 15.9. The number of methoxy groups -OCH3 is 1. The molecule has 0 unspecified atom stereocenters. The maximum absolute atomic E-state index is 14.2. The average molecular weight is 408 g/mol. The summed E-state index contributed by atoms with van der Waals surface area (Å²) in [5.41, 5.74) is 1.72. The summed E-state index contributed by atoms with van der Waals surface area (Å²) in [5.74, 6) is 0.378. The third kappa shape index (κ3) is 2.93. The van der Waals surface area contributed by atoms with Crippen molar-refractivity contribution in [3.8, 4) is 11.6 Å². The summed E-state index contributed by atoms with van der Waals surface area (Å²) < 4.78 is 26.5. The molecule has 1 aromatic carbocycles. The predicted octanol–water partition coefficient (Wildman–Crippen LogP) is 2.78. The molecule has 0 saturated carbocycles. The van der Waals surface area contributed by atoms with Crippen molar-refractivity contribution in [2.45, 2.75) is 12.5 Å². The van der Waals surface area contributed by atoms with Crippen LogP contribution in [-0.4, -0.2) is 38.2 Å². The van der Waals surface area contributed by atoms with Gasteiger partial charge in [-0.1, -0.05) is 12.1 Å². The minimum absolute atomic E-state index is 0.169. The number of anilines is 2. The molecule has 0 spiro atoms. The van der Waals surface area contributed by atoms with Crippen molar-refractivity contribution in [3.05, 3.63) is 64.6 Å². The van der Waals surface area contributed by atoms with Gasteiger partial charge in [0.2, 0.25) is 11.8 Å². The van der Waals surface area contributed by atoms with Crippen molar-refractivity contribution in [2.24, 2.45) is 0 Å². The van der Waals surface area contributed by atoms with E-state index < -0.39 is 11.9 Å². The highest BCUT2D eigenvalue weighted by atomic mass is 19.1. The fourth-order valence-corrected chi connectivity index (χ4v) is 3.67. The Morgan fingerprint density at radius 3 is 3.07 bits per heavy atom. The fraction of sp³-hybridized carbons (Fsp3) is 0.200. The van der Waals surface area contributed by atoms with Crippen molar-refractivity contribution in [1.29, 1.82) is 0 Å². The zero-order valence-electron chi connectivity index (χ0n) is 15.9. The Morgan fingerprint density at radius 1 is 1.30 bits per heavy atom. The number of para-hydroxylation sites is 1. The first kappa shape index (κ1) is 18.1. The Kier molecular flexibility index (Phi) is 4.31. The lowest BCUT2D eigenvalue weighted by Crippen LogP contribution is -2.28. The average Bonchev–Trinajstić information content (AvgIpc) is 3.09. The molecule has 0 amide bonds. The number of fused-ring (bicyclic) bond motifs is 2. The van der Waals surface area contributed by atoms with Gasteiger partial charge >= 0.3 is 5.69 Å². The fourth-order valence-electron chi connectivity index (χ4n) is 3.67. The lowest BCUT2D eigenvalue weighted by Gasteiger charge is -2.26. The summed E-state index contributed by atoms with van der Waals surface area (Å²) in [6.45, 7) is 0.292. The Bertz CT molecular complexity index is 1300. The van der Waals surface area contributed by atoms with Crippen LogP contribution in [0.25, 0.3) is 11.2 Å². The maximum atomic E-state index is 14.2. The van der Waals surface area contributed by atoms with E-state index in [-0.39, 0.29) is 17.4 Å². The molecule has 152 valence electrons. The van der Waals surface area contributed by atoms with Gasteiger partial charge in [-0.2, -0.15) is 4.98 Å². The van der Waals surface area contributed by atoms with Crippen LogP contribution in [0.15, 0.2) is 47.5 Å². The normalized spacial score (nSPS) is 15.5. The number of nitrogens with one attached hydrogen (secondary N) is 2. The van der Waals surface area contributed by atoms with Crippen molar-refractivity contribution >= 4 is 22.8 Å². The minimum Gasteiger partial charge on any atom is -0.490 e. The molecule has 1 aliphatic heterocycles. The number of pyridine rings is 1. The minimum atomic E-state index is -0.453. The van der Waals surface area contributed by atoms with Gasteiger partial charge in [-0.25, -0.2) is 19.2 Å². The molecule has 0 radical (unpaired) electrons. The van der Waals surface area contributed by atoms with Crippen LogP contribution in [0.3, 0.4) is 0 Å². The molecule has 5 rings (SSSR count). The van der Waals surface area contributed by atoms with Crippen molar-refractivity contribution in [3.63, 3.8) is 0 Å². The number of nitrogens with zero attached hydrogens (tertiary/aromatic N) is 4. The number of aromatic amines is 1. The summed E-state index contributed by atoms with van der Waals surface area (Å²) in [6, 6.07) is 7.82. The second-order valence-corrected chi connectivity index (χ2v) is 6.73. The number of imidazole rings is 1. The van der Waals surface area contributed by atoms with Gasteiger partial charge in [0.05, 0.1) is 26.0 Å². The lowest BCUT2D eigenvalue weighted by molar-refractivity contribution is 0.244. The number of halogens is 1. The first-order valence-electron chi connectivity index (χ1n) is 9.30. The van der Waals surface area contributed by atoms with Gasteiger partial charge in [-0.05, 0) is 18.2 Å². The van der Waals surface area contributed by atoms with Crippen LogP contribution >= 0.6 is 0 Å². The Balaban J connectivity index is 1.61. The summed E-state index contributed by atoms with van der Waals surface area (Å²) in [4.78, 5) is 28.4. The maximum Gasteiger partial charge on any atom is 0.328 e. The molecule has 3 aromatic heterocycles. The van der Waals surface area contributed by atoms with E-state index in [4.69, 9.17) is 9.47 Å². The molecular weight excluding hydrogens is 391 g/mol. The van der Waals surface area contributed by atoms with E-state index in [1.807, 2.05) is 0 Å². The highest BCUT2D eigenvalue weighted by Gasteiger charge is 2.28. The highest BCUT2D eigenvalue weighted by molar-refractivity contribution is 5.73. The number of ether oxygens (including phenoxy) is 2. The Morgan fingerprint density at radius 2 is 2.20 bits per heavy atom. The first-order valence-corrected chi connectivity index (χ1v) is 9.30. The van der Waals surface area contributed by atoms with E-state index >= 15 is 0 Å². The molecule has 1 atom stereocenters. The number of hydrogen-bond donors (Lipinski definition) is 2. The monoisotopic (exact) mass is 408 g/mol. The second kappa shape index (κ2) is 7.14. The number of rotatable bonds is 4. The van der Waals surface area contributed by atoms with Gasteiger partial charge in [0.15, 0.2) is 17.2 Å². The number of hydrogen-bond acceptors (Lipinski definition) is 7. The topological polar surface area (TPSA) is 107 Å². The molecule has 4 heterocycles.